The number of anilines is 1. The van der Waals surface area contributed by atoms with Gasteiger partial charge in [-0.25, -0.2) is 0 Å². The SMILES string of the molecule is CC(C)Oc1ccccc1NCc1ccc(C#N)o1. The largest absolute Gasteiger partial charge is 0.489 e. The molecule has 2 rings (SSSR count). The molecule has 0 radical (unpaired) electrons. The van der Waals surface area contributed by atoms with E-state index in [0.717, 1.165) is 17.2 Å². The van der Waals surface area contributed by atoms with E-state index < -0.39 is 0 Å². The van der Waals surface area contributed by atoms with Gasteiger partial charge >= 0.3 is 0 Å². The fourth-order valence-corrected chi connectivity index (χ4v) is 1.68. The number of para-hydroxylation sites is 2. The Labute approximate surface area is 112 Å². The molecule has 0 fully saturated rings. The summed E-state index contributed by atoms with van der Waals surface area (Å²) < 4.78 is 11.0. The van der Waals surface area contributed by atoms with Crippen LogP contribution < -0.4 is 10.1 Å². The molecule has 4 heteroatoms. The molecule has 0 aliphatic rings. The maximum Gasteiger partial charge on any atom is 0.203 e. The topological polar surface area (TPSA) is 58.2 Å². The van der Waals surface area contributed by atoms with Gasteiger partial charge in [0.25, 0.3) is 0 Å². The van der Waals surface area contributed by atoms with E-state index in [1.54, 1.807) is 12.1 Å². The zero-order valence-electron chi connectivity index (χ0n) is 11.0. The van der Waals surface area contributed by atoms with Gasteiger partial charge in [-0.15, -0.1) is 0 Å². The van der Waals surface area contributed by atoms with Gasteiger partial charge in [0.2, 0.25) is 5.76 Å². The van der Waals surface area contributed by atoms with Gasteiger partial charge in [0, 0.05) is 0 Å². The molecule has 0 aliphatic carbocycles. The molecule has 1 aromatic heterocycles. The molecule has 1 N–H and O–H groups in total. The zero-order valence-corrected chi connectivity index (χ0v) is 11.0. The number of hydrogen-bond donors (Lipinski definition) is 1. The van der Waals surface area contributed by atoms with Gasteiger partial charge in [-0.1, -0.05) is 12.1 Å². The van der Waals surface area contributed by atoms with E-state index in [9.17, 15) is 0 Å². The van der Waals surface area contributed by atoms with E-state index in [0.29, 0.717) is 12.3 Å². The third-order valence-electron chi connectivity index (χ3n) is 2.47. The van der Waals surface area contributed by atoms with Gasteiger partial charge in [-0.2, -0.15) is 5.26 Å². The summed E-state index contributed by atoms with van der Waals surface area (Å²) in [4.78, 5) is 0. The lowest BCUT2D eigenvalue weighted by atomic mass is 10.3. The van der Waals surface area contributed by atoms with Crippen molar-refractivity contribution in [3.63, 3.8) is 0 Å². The van der Waals surface area contributed by atoms with E-state index in [1.807, 2.05) is 44.2 Å². The highest BCUT2D eigenvalue weighted by atomic mass is 16.5. The molecule has 1 aromatic carbocycles. The lowest BCUT2D eigenvalue weighted by Crippen LogP contribution is -2.08. The Morgan fingerprint density at radius 2 is 2.05 bits per heavy atom. The number of ether oxygens (including phenoxy) is 1. The number of hydrogen-bond acceptors (Lipinski definition) is 4. The molecular weight excluding hydrogens is 240 g/mol. The van der Waals surface area contributed by atoms with Crippen LogP contribution in [0.4, 0.5) is 5.69 Å². The predicted molar refractivity (Wildman–Crippen MR) is 73.0 cm³/mol. The quantitative estimate of drug-likeness (QED) is 0.888. The predicted octanol–water partition coefficient (Wildman–Crippen LogP) is 3.55. The second-order valence-corrected chi connectivity index (χ2v) is 4.39. The van der Waals surface area contributed by atoms with Crippen LogP contribution in [0.3, 0.4) is 0 Å². The molecular formula is C15H16N2O2. The summed E-state index contributed by atoms with van der Waals surface area (Å²) in [6, 6.07) is 13.2. The smallest absolute Gasteiger partial charge is 0.203 e. The fourth-order valence-electron chi connectivity index (χ4n) is 1.68. The van der Waals surface area contributed by atoms with Gasteiger partial charge in [-0.3, -0.25) is 0 Å². The van der Waals surface area contributed by atoms with Gasteiger partial charge in [0.05, 0.1) is 18.3 Å². The summed E-state index contributed by atoms with van der Waals surface area (Å²) in [5.74, 6) is 1.85. The number of nitrogens with one attached hydrogen (secondary N) is 1. The molecule has 0 spiro atoms. The van der Waals surface area contributed by atoms with Crippen LogP contribution in [-0.4, -0.2) is 6.10 Å². The Kier molecular flexibility index (Phi) is 4.09. The lowest BCUT2D eigenvalue weighted by Gasteiger charge is -2.14. The van der Waals surface area contributed by atoms with Gasteiger partial charge < -0.3 is 14.5 Å². The molecule has 0 saturated heterocycles. The number of rotatable bonds is 5. The zero-order chi connectivity index (χ0) is 13.7. The van der Waals surface area contributed by atoms with Crippen molar-refractivity contribution in [2.45, 2.75) is 26.5 Å². The Morgan fingerprint density at radius 3 is 2.74 bits per heavy atom. The minimum absolute atomic E-state index is 0.122. The van der Waals surface area contributed by atoms with Crippen LogP contribution in [0.25, 0.3) is 0 Å². The molecule has 0 aliphatic heterocycles. The Hall–Kier alpha value is -2.41. The van der Waals surface area contributed by atoms with Crippen LogP contribution in [-0.2, 0) is 6.54 Å². The summed E-state index contributed by atoms with van der Waals surface area (Å²) in [6.45, 7) is 4.49. The van der Waals surface area contributed by atoms with Crippen LogP contribution in [0, 0.1) is 11.3 Å². The first kappa shape index (κ1) is 13.0. The highest BCUT2D eigenvalue weighted by molar-refractivity contribution is 5.56. The normalized spacial score (nSPS) is 10.2. The highest BCUT2D eigenvalue weighted by Gasteiger charge is 2.06. The summed E-state index contributed by atoms with van der Waals surface area (Å²) in [6.07, 6.45) is 0.122. The highest BCUT2D eigenvalue weighted by Crippen LogP contribution is 2.25. The molecule has 0 amide bonds. The summed E-state index contributed by atoms with van der Waals surface area (Å²) in [7, 11) is 0. The second kappa shape index (κ2) is 5.96. The molecule has 0 unspecified atom stereocenters. The van der Waals surface area contributed by atoms with E-state index in [4.69, 9.17) is 14.4 Å². The fraction of sp³-hybridized carbons (Fsp3) is 0.267. The van der Waals surface area contributed by atoms with Crippen molar-refractivity contribution < 1.29 is 9.15 Å². The first-order chi connectivity index (χ1) is 9.19. The molecule has 2 aromatic rings. The first-order valence-electron chi connectivity index (χ1n) is 6.17. The lowest BCUT2D eigenvalue weighted by molar-refractivity contribution is 0.243. The van der Waals surface area contributed by atoms with Crippen LogP contribution in [0.15, 0.2) is 40.8 Å². The third kappa shape index (κ3) is 3.52. The monoisotopic (exact) mass is 256 g/mol. The van der Waals surface area contributed by atoms with Crippen LogP contribution in [0.2, 0.25) is 0 Å². The van der Waals surface area contributed by atoms with Crippen molar-refractivity contribution in [1.29, 1.82) is 5.26 Å². The van der Waals surface area contributed by atoms with E-state index in [-0.39, 0.29) is 6.10 Å². The minimum Gasteiger partial charge on any atom is -0.489 e. The van der Waals surface area contributed by atoms with Crippen LogP contribution in [0.1, 0.15) is 25.4 Å². The van der Waals surface area contributed by atoms with E-state index >= 15 is 0 Å². The Balaban J connectivity index is 2.05. The van der Waals surface area contributed by atoms with Crippen molar-refractivity contribution in [3.8, 4) is 11.8 Å². The Morgan fingerprint density at radius 1 is 1.26 bits per heavy atom. The molecule has 0 saturated carbocycles. The third-order valence-corrected chi connectivity index (χ3v) is 2.47. The maximum atomic E-state index is 8.70. The number of nitriles is 1. The molecule has 1 heterocycles. The number of nitrogens with zero attached hydrogens (tertiary/aromatic N) is 1. The van der Waals surface area contributed by atoms with Gasteiger partial charge in [0.15, 0.2) is 0 Å². The molecule has 19 heavy (non-hydrogen) atoms. The number of benzene rings is 1. The number of furan rings is 1. The molecule has 98 valence electrons. The first-order valence-corrected chi connectivity index (χ1v) is 6.17. The van der Waals surface area contributed by atoms with Crippen LogP contribution >= 0.6 is 0 Å². The van der Waals surface area contributed by atoms with Crippen molar-refractivity contribution in [1.82, 2.24) is 0 Å². The maximum absolute atomic E-state index is 8.70. The van der Waals surface area contributed by atoms with Gasteiger partial charge in [-0.05, 0) is 38.1 Å². The van der Waals surface area contributed by atoms with Crippen molar-refractivity contribution >= 4 is 5.69 Å². The second-order valence-electron chi connectivity index (χ2n) is 4.39. The van der Waals surface area contributed by atoms with Crippen molar-refractivity contribution in [2.24, 2.45) is 0 Å². The molecule has 0 bridgehead atoms. The van der Waals surface area contributed by atoms with Crippen molar-refractivity contribution in [3.05, 3.63) is 47.9 Å². The minimum atomic E-state index is 0.122. The summed E-state index contributed by atoms with van der Waals surface area (Å²) >= 11 is 0. The van der Waals surface area contributed by atoms with Crippen molar-refractivity contribution in [2.75, 3.05) is 5.32 Å². The van der Waals surface area contributed by atoms with E-state index in [1.165, 1.54) is 0 Å². The average molecular weight is 256 g/mol. The average Bonchev–Trinajstić information content (AvgIpc) is 2.85. The van der Waals surface area contributed by atoms with E-state index in [2.05, 4.69) is 5.32 Å². The molecule has 0 atom stereocenters. The van der Waals surface area contributed by atoms with Gasteiger partial charge in [0.1, 0.15) is 17.6 Å². The Bertz CT molecular complexity index is 582. The summed E-state index contributed by atoms with van der Waals surface area (Å²) in [5, 5.41) is 11.9. The summed E-state index contributed by atoms with van der Waals surface area (Å²) in [5.41, 5.74) is 0.908. The van der Waals surface area contributed by atoms with Crippen LogP contribution in [0.5, 0.6) is 5.75 Å². The molecule has 4 nitrogen and oxygen atoms in total. The standard InChI is InChI=1S/C15H16N2O2/c1-11(2)18-15-6-4-3-5-14(15)17-10-13-8-7-12(9-16)19-13/h3-8,11,17H,10H2,1-2H3.